The van der Waals surface area contributed by atoms with Gasteiger partial charge in [0.2, 0.25) is 0 Å². The summed E-state index contributed by atoms with van der Waals surface area (Å²) in [6.45, 7) is 5.52. The third-order valence-electron chi connectivity index (χ3n) is 5.56. The largest absolute Gasteiger partial charge is 0.396 e. The molecule has 0 saturated carbocycles. The smallest absolute Gasteiger partial charge is 0.140 e. The fourth-order valence-corrected chi connectivity index (χ4v) is 4.13. The van der Waals surface area contributed by atoms with Crippen LogP contribution in [-0.4, -0.2) is 35.4 Å². The lowest BCUT2D eigenvalue weighted by Crippen LogP contribution is -2.45. The van der Waals surface area contributed by atoms with Gasteiger partial charge in [0, 0.05) is 6.61 Å². The first-order valence-corrected chi connectivity index (χ1v) is 8.90. The van der Waals surface area contributed by atoms with Crippen molar-refractivity contribution in [1.29, 1.82) is 0 Å². The topological polar surface area (TPSA) is 41.9 Å². The molecule has 0 aliphatic carbocycles. The second kappa shape index (κ2) is 6.54. The lowest BCUT2D eigenvalue weighted by molar-refractivity contribution is -0.0628. The molecular formula is C21H25NO3. The van der Waals surface area contributed by atoms with Crippen molar-refractivity contribution in [2.45, 2.75) is 38.3 Å². The first kappa shape index (κ1) is 16.7. The van der Waals surface area contributed by atoms with Crippen molar-refractivity contribution in [2.75, 3.05) is 19.8 Å². The summed E-state index contributed by atoms with van der Waals surface area (Å²) in [6.07, 6.45) is 0.345. The molecule has 132 valence electrons. The summed E-state index contributed by atoms with van der Waals surface area (Å²) in [5.74, 6) is 0. The molecule has 2 aromatic carbocycles. The quantitative estimate of drug-likeness (QED) is 0.926. The van der Waals surface area contributed by atoms with Gasteiger partial charge in [-0.25, -0.2) is 4.90 Å². The van der Waals surface area contributed by atoms with Crippen LogP contribution in [0, 0.1) is 13.8 Å². The zero-order chi connectivity index (χ0) is 17.4. The Balaban J connectivity index is 1.78. The molecule has 2 heterocycles. The molecule has 0 bridgehead atoms. The predicted molar refractivity (Wildman–Crippen MR) is 96.0 cm³/mol. The van der Waals surface area contributed by atoms with Crippen LogP contribution >= 0.6 is 0 Å². The van der Waals surface area contributed by atoms with E-state index < -0.39 is 0 Å². The minimum absolute atomic E-state index is 0.129. The fraction of sp³-hybridized carbons (Fsp3) is 0.429. The average molecular weight is 339 g/mol. The number of aliphatic hydroxyl groups is 1. The van der Waals surface area contributed by atoms with Crippen LogP contribution in [-0.2, 0) is 9.47 Å². The van der Waals surface area contributed by atoms with Crippen molar-refractivity contribution >= 4 is 0 Å². The Kier molecular flexibility index (Phi) is 4.38. The molecule has 0 aromatic heterocycles. The second-order valence-electron chi connectivity index (χ2n) is 7.15. The van der Waals surface area contributed by atoms with Crippen molar-refractivity contribution < 1.29 is 14.6 Å². The number of rotatable bonds is 4. The Morgan fingerprint density at radius 1 is 0.920 bits per heavy atom. The average Bonchev–Trinajstić information content (AvgIpc) is 3.14. The summed E-state index contributed by atoms with van der Waals surface area (Å²) in [5.41, 5.74) is 4.50. The molecule has 0 spiro atoms. The van der Waals surface area contributed by atoms with Crippen molar-refractivity contribution in [2.24, 2.45) is 0 Å². The molecule has 2 aromatic rings. The number of ether oxygens (including phenoxy) is 2. The fourth-order valence-electron chi connectivity index (χ4n) is 4.13. The van der Waals surface area contributed by atoms with E-state index in [1.807, 2.05) is 12.1 Å². The molecule has 0 radical (unpaired) electrons. The zero-order valence-electron chi connectivity index (χ0n) is 14.8. The highest BCUT2D eigenvalue weighted by Crippen LogP contribution is 2.51. The van der Waals surface area contributed by atoms with E-state index in [1.165, 1.54) is 22.3 Å². The Labute approximate surface area is 149 Å². The molecule has 3 atom stereocenters. The van der Waals surface area contributed by atoms with E-state index in [1.54, 1.807) is 0 Å². The van der Waals surface area contributed by atoms with Crippen LogP contribution in [0.25, 0.3) is 0 Å². The molecule has 0 unspecified atom stereocenters. The van der Waals surface area contributed by atoms with Gasteiger partial charge in [-0.3, -0.25) is 0 Å². The van der Waals surface area contributed by atoms with Gasteiger partial charge in [-0.15, -0.1) is 0 Å². The number of fused-ring (bicyclic) bond motifs is 1. The van der Waals surface area contributed by atoms with Crippen LogP contribution in [0.4, 0.5) is 0 Å². The summed E-state index contributed by atoms with van der Waals surface area (Å²) in [6, 6.07) is 16.7. The molecule has 4 rings (SSSR count). The Hall–Kier alpha value is -1.72. The monoisotopic (exact) mass is 339 g/mol. The van der Waals surface area contributed by atoms with Gasteiger partial charge in [0.15, 0.2) is 0 Å². The van der Waals surface area contributed by atoms with E-state index >= 15 is 0 Å². The molecule has 1 N–H and O–H groups in total. The van der Waals surface area contributed by atoms with Gasteiger partial charge in [0.05, 0.1) is 18.8 Å². The summed E-state index contributed by atoms with van der Waals surface area (Å²) in [4.78, 5) is 2.34. The molecule has 2 fully saturated rings. The highest BCUT2D eigenvalue weighted by molar-refractivity contribution is 5.33. The first-order chi connectivity index (χ1) is 12.2. The van der Waals surface area contributed by atoms with Crippen molar-refractivity contribution in [3.8, 4) is 0 Å². The Morgan fingerprint density at radius 2 is 1.40 bits per heavy atom. The Morgan fingerprint density at radius 3 is 1.84 bits per heavy atom. The number of hydrogen-bond acceptors (Lipinski definition) is 4. The number of aliphatic hydroxyl groups excluding tert-OH is 1. The van der Waals surface area contributed by atoms with Crippen LogP contribution in [0.5, 0.6) is 0 Å². The zero-order valence-corrected chi connectivity index (χ0v) is 14.8. The molecule has 2 aliphatic heterocycles. The predicted octanol–water partition coefficient (Wildman–Crippen LogP) is 3.48. The standard InChI is InChI=1S/C21H25NO3/c1-15-7-3-5-9-17(15)19-22-20(18-10-6-4-8-16(18)2)25-14-21(22,11-12-23)13-24-19/h3-10,19-20,23H,11-14H2,1-2H3/t19-,20+,21-. The van der Waals surface area contributed by atoms with E-state index in [0.717, 1.165) is 0 Å². The van der Waals surface area contributed by atoms with Gasteiger partial charge < -0.3 is 14.6 Å². The Bertz CT molecular complexity index is 703. The van der Waals surface area contributed by atoms with Crippen LogP contribution in [0.2, 0.25) is 0 Å². The minimum Gasteiger partial charge on any atom is -0.396 e. The molecule has 2 saturated heterocycles. The number of aryl methyl sites for hydroxylation is 2. The molecule has 0 amide bonds. The number of benzene rings is 2. The van der Waals surface area contributed by atoms with Gasteiger partial charge in [0.1, 0.15) is 12.5 Å². The van der Waals surface area contributed by atoms with Gasteiger partial charge in [-0.05, 0) is 42.5 Å². The van der Waals surface area contributed by atoms with Crippen LogP contribution < -0.4 is 0 Å². The maximum Gasteiger partial charge on any atom is 0.140 e. The maximum atomic E-state index is 9.65. The van der Waals surface area contributed by atoms with E-state index in [4.69, 9.17) is 9.47 Å². The molecule has 2 aliphatic rings. The summed E-state index contributed by atoms with van der Waals surface area (Å²) >= 11 is 0. The van der Waals surface area contributed by atoms with Gasteiger partial charge in [-0.2, -0.15) is 0 Å². The van der Waals surface area contributed by atoms with Crippen LogP contribution in [0.3, 0.4) is 0 Å². The van der Waals surface area contributed by atoms with Gasteiger partial charge >= 0.3 is 0 Å². The van der Waals surface area contributed by atoms with Crippen LogP contribution in [0.1, 0.15) is 41.1 Å². The maximum absolute atomic E-state index is 9.65. The lowest BCUT2D eigenvalue weighted by atomic mass is 9.95. The van der Waals surface area contributed by atoms with Crippen LogP contribution in [0.15, 0.2) is 48.5 Å². The van der Waals surface area contributed by atoms with E-state index in [9.17, 15) is 5.11 Å². The lowest BCUT2D eigenvalue weighted by Gasteiger charge is -2.34. The highest BCUT2D eigenvalue weighted by atomic mass is 16.6. The first-order valence-electron chi connectivity index (χ1n) is 8.90. The van der Waals surface area contributed by atoms with Crippen molar-refractivity contribution in [1.82, 2.24) is 4.90 Å². The number of nitrogens with zero attached hydrogens (tertiary/aromatic N) is 1. The van der Waals surface area contributed by atoms with Gasteiger partial charge in [-0.1, -0.05) is 48.5 Å². The summed E-state index contributed by atoms with van der Waals surface area (Å²) in [5, 5.41) is 9.65. The van der Waals surface area contributed by atoms with Gasteiger partial charge in [0.25, 0.3) is 0 Å². The molecule has 4 heteroatoms. The molecule has 4 nitrogen and oxygen atoms in total. The van der Waals surface area contributed by atoms with E-state index in [0.29, 0.717) is 19.6 Å². The summed E-state index contributed by atoms with van der Waals surface area (Å²) < 4.78 is 12.5. The third kappa shape index (κ3) is 2.70. The van der Waals surface area contributed by atoms with Crippen molar-refractivity contribution in [3.63, 3.8) is 0 Å². The second-order valence-corrected chi connectivity index (χ2v) is 7.15. The SMILES string of the molecule is Cc1ccccc1[C@H]1OC[C@]2(CCO)CO[C@@H](c3ccccc3C)N12. The van der Waals surface area contributed by atoms with E-state index in [-0.39, 0.29) is 24.6 Å². The third-order valence-corrected chi connectivity index (χ3v) is 5.56. The van der Waals surface area contributed by atoms with E-state index in [2.05, 4.69) is 55.1 Å². The van der Waals surface area contributed by atoms with Crippen molar-refractivity contribution in [3.05, 3.63) is 70.8 Å². The molecular weight excluding hydrogens is 314 g/mol. The molecule has 25 heavy (non-hydrogen) atoms. The normalized spacial score (nSPS) is 29.1. The summed E-state index contributed by atoms with van der Waals surface area (Å²) in [7, 11) is 0. The number of hydrogen-bond donors (Lipinski definition) is 1. The highest BCUT2D eigenvalue weighted by Gasteiger charge is 2.56. The minimum atomic E-state index is -0.269.